The minimum Gasteiger partial charge on any atom is -0.444 e. The Bertz CT molecular complexity index is 577. The summed E-state index contributed by atoms with van der Waals surface area (Å²) in [5.74, 6) is 0. The summed E-state index contributed by atoms with van der Waals surface area (Å²) in [5, 5.41) is 7.55. The minimum absolute atomic E-state index is 0.0751. The smallest absolute Gasteiger partial charge is 0.412 e. The predicted octanol–water partition coefficient (Wildman–Crippen LogP) is 2.27. The van der Waals surface area contributed by atoms with Crippen molar-refractivity contribution in [3.05, 3.63) is 18.0 Å². The Kier molecular flexibility index (Phi) is 5.25. The number of rotatable bonds is 4. The third-order valence-electron chi connectivity index (χ3n) is 3.96. The number of aromatic nitrogens is 2. The zero-order valence-corrected chi connectivity index (χ0v) is 15.8. The van der Waals surface area contributed by atoms with Gasteiger partial charge in [0.1, 0.15) is 11.3 Å². The molecule has 1 saturated heterocycles. The summed E-state index contributed by atoms with van der Waals surface area (Å²) in [6.07, 6.45) is 3.38. The molecule has 0 aromatic carbocycles. The van der Waals surface area contributed by atoms with Crippen LogP contribution in [-0.4, -0.2) is 50.8 Å². The fourth-order valence-corrected chi connectivity index (χ4v) is 3.05. The molecule has 2 rings (SSSR count). The Morgan fingerprint density at radius 2 is 2.12 bits per heavy atom. The summed E-state index contributed by atoms with van der Waals surface area (Å²) >= 11 is 0. The van der Waals surface area contributed by atoms with Gasteiger partial charge in [0, 0.05) is 31.9 Å². The molecular formula is C17H30N4O3. The maximum Gasteiger partial charge on any atom is 0.412 e. The van der Waals surface area contributed by atoms with Crippen LogP contribution < -0.4 is 5.32 Å². The van der Waals surface area contributed by atoms with E-state index in [9.17, 15) is 4.79 Å². The lowest BCUT2D eigenvalue weighted by Gasteiger charge is -2.35. The summed E-state index contributed by atoms with van der Waals surface area (Å²) < 4.78 is 13.3. The van der Waals surface area contributed by atoms with E-state index in [2.05, 4.69) is 10.4 Å². The molecule has 2 atom stereocenters. The molecule has 1 aromatic rings. The van der Waals surface area contributed by atoms with Crippen LogP contribution >= 0.6 is 0 Å². The molecule has 136 valence electrons. The second-order valence-electron chi connectivity index (χ2n) is 7.84. The molecule has 0 aliphatic carbocycles. The highest BCUT2D eigenvalue weighted by molar-refractivity contribution is 5.70. The van der Waals surface area contributed by atoms with E-state index in [0.29, 0.717) is 13.1 Å². The predicted molar refractivity (Wildman–Crippen MR) is 91.4 cm³/mol. The van der Waals surface area contributed by atoms with E-state index in [1.165, 1.54) is 0 Å². The summed E-state index contributed by atoms with van der Waals surface area (Å²) in [5.41, 5.74) is -0.123. The van der Waals surface area contributed by atoms with Crippen LogP contribution in [0.25, 0.3) is 0 Å². The van der Waals surface area contributed by atoms with E-state index in [4.69, 9.17) is 9.47 Å². The molecule has 0 saturated carbocycles. The van der Waals surface area contributed by atoms with E-state index < -0.39 is 11.3 Å². The van der Waals surface area contributed by atoms with Crippen LogP contribution in [-0.2, 0) is 23.1 Å². The van der Waals surface area contributed by atoms with Gasteiger partial charge < -0.3 is 14.8 Å². The molecule has 24 heavy (non-hydrogen) atoms. The normalized spacial score (nSPS) is 23.5. The second-order valence-corrected chi connectivity index (χ2v) is 7.84. The van der Waals surface area contributed by atoms with Crippen molar-refractivity contribution in [1.29, 1.82) is 0 Å². The Morgan fingerprint density at radius 1 is 1.46 bits per heavy atom. The number of nitrogens with one attached hydrogen (secondary N) is 1. The average Bonchev–Trinajstić information content (AvgIpc) is 2.88. The van der Waals surface area contributed by atoms with Gasteiger partial charge in [-0.25, -0.2) is 4.79 Å². The van der Waals surface area contributed by atoms with E-state index in [1.54, 1.807) is 9.58 Å². The molecule has 0 spiro atoms. The molecule has 0 unspecified atom stereocenters. The van der Waals surface area contributed by atoms with Crippen LogP contribution in [0.1, 0.15) is 47.1 Å². The van der Waals surface area contributed by atoms with Crippen molar-refractivity contribution >= 4 is 6.09 Å². The van der Waals surface area contributed by atoms with Gasteiger partial charge in [-0.2, -0.15) is 5.10 Å². The molecule has 2 heterocycles. The van der Waals surface area contributed by atoms with Crippen LogP contribution in [0, 0.1) is 0 Å². The first-order valence-electron chi connectivity index (χ1n) is 8.38. The molecule has 0 bridgehead atoms. The van der Waals surface area contributed by atoms with E-state index in [-0.39, 0.29) is 18.2 Å². The molecular weight excluding hydrogens is 308 g/mol. The van der Waals surface area contributed by atoms with Crippen LogP contribution in [0.4, 0.5) is 4.79 Å². The van der Waals surface area contributed by atoms with E-state index in [1.807, 2.05) is 61.0 Å². The van der Waals surface area contributed by atoms with Gasteiger partial charge in [-0.15, -0.1) is 0 Å². The number of nitrogens with zero attached hydrogens (tertiary/aromatic N) is 3. The van der Waals surface area contributed by atoms with Crippen LogP contribution in [0.5, 0.6) is 0 Å². The zero-order valence-electron chi connectivity index (χ0n) is 15.8. The van der Waals surface area contributed by atoms with Gasteiger partial charge in [0.25, 0.3) is 0 Å². The number of hydrogen-bond donors (Lipinski definition) is 1. The fourth-order valence-electron chi connectivity index (χ4n) is 3.05. The number of carbonyl (C=O) groups excluding carboxylic acids is 1. The van der Waals surface area contributed by atoms with Crippen molar-refractivity contribution in [3.8, 4) is 0 Å². The lowest BCUT2D eigenvalue weighted by atomic mass is 10.1. The quantitative estimate of drug-likeness (QED) is 0.912. The summed E-state index contributed by atoms with van der Waals surface area (Å²) in [4.78, 5) is 14.4. The first kappa shape index (κ1) is 18.7. The molecule has 1 aliphatic heterocycles. The third-order valence-corrected chi connectivity index (χ3v) is 3.96. The van der Waals surface area contributed by atoms with Gasteiger partial charge in [-0.1, -0.05) is 0 Å². The van der Waals surface area contributed by atoms with Crippen LogP contribution in [0.3, 0.4) is 0 Å². The summed E-state index contributed by atoms with van der Waals surface area (Å²) in [6, 6.07) is -0.0912. The fraction of sp³-hybridized carbons (Fsp3) is 0.765. The van der Waals surface area contributed by atoms with Gasteiger partial charge in [0.2, 0.25) is 0 Å². The third kappa shape index (κ3) is 4.48. The van der Waals surface area contributed by atoms with Crippen molar-refractivity contribution in [2.45, 2.75) is 71.6 Å². The van der Waals surface area contributed by atoms with Crippen molar-refractivity contribution in [1.82, 2.24) is 20.0 Å². The number of carbonyl (C=O) groups is 1. The largest absolute Gasteiger partial charge is 0.444 e. The lowest BCUT2D eigenvalue weighted by Crippen LogP contribution is -2.53. The number of ether oxygens (including phenoxy) is 2. The van der Waals surface area contributed by atoms with Gasteiger partial charge in [-0.3, -0.25) is 9.58 Å². The van der Waals surface area contributed by atoms with Crippen molar-refractivity contribution in [3.63, 3.8) is 0 Å². The number of hydrogen-bond acceptors (Lipinski definition) is 5. The van der Waals surface area contributed by atoms with E-state index in [0.717, 1.165) is 5.56 Å². The second kappa shape index (κ2) is 6.72. The first-order chi connectivity index (χ1) is 11.0. The Hall–Kier alpha value is -1.60. The van der Waals surface area contributed by atoms with Crippen molar-refractivity contribution in [2.24, 2.45) is 7.05 Å². The highest BCUT2D eigenvalue weighted by atomic mass is 16.6. The molecule has 1 aliphatic rings. The van der Waals surface area contributed by atoms with Crippen molar-refractivity contribution < 1.29 is 14.3 Å². The van der Waals surface area contributed by atoms with Gasteiger partial charge in [0.05, 0.1) is 18.3 Å². The Labute approximate surface area is 144 Å². The summed E-state index contributed by atoms with van der Waals surface area (Å²) in [6.45, 7) is 12.7. The average molecular weight is 338 g/mol. The highest BCUT2D eigenvalue weighted by Crippen LogP contribution is 2.33. The standard InChI is InChI=1S/C17H30N4O3/c1-12-14(10-18-8-13-9-19-20(7)11-13)21(17(5,6)23-12)15(22)24-16(2,3)4/h9,11-12,14,18H,8,10H2,1-7H3/t12-,14-/m1/s1. The maximum atomic E-state index is 12.7. The molecule has 1 N–H and O–H groups in total. The zero-order chi connectivity index (χ0) is 18.1. The summed E-state index contributed by atoms with van der Waals surface area (Å²) in [7, 11) is 1.89. The number of amides is 1. The lowest BCUT2D eigenvalue weighted by molar-refractivity contribution is -0.0756. The Balaban J connectivity index is 2.03. The number of aryl methyl sites for hydroxylation is 1. The molecule has 0 radical (unpaired) electrons. The monoisotopic (exact) mass is 338 g/mol. The first-order valence-corrected chi connectivity index (χ1v) is 8.38. The highest BCUT2D eigenvalue weighted by Gasteiger charge is 2.49. The van der Waals surface area contributed by atoms with E-state index >= 15 is 0 Å². The van der Waals surface area contributed by atoms with Gasteiger partial charge in [0.15, 0.2) is 0 Å². The van der Waals surface area contributed by atoms with Crippen LogP contribution in [0.15, 0.2) is 12.4 Å². The van der Waals surface area contributed by atoms with Crippen LogP contribution in [0.2, 0.25) is 0 Å². The van der Waals surface area contributed by atoms with Gasteiger partial charge >= 0.3 is 6.09 Å². The molecule has 7 nitrogen and oxygen atoms in total. The molecule has 7 heteroatoms. The topological polar surface area (TPSA) is 68.6 Å². The van der Waals surface area contributed by atoms with Gasteiger partial charge in [-0.05, 0) is 41.5 Å². The molecule has 1 amide bonds. The van der Waals surface area contributed by atoms with Crippen molar-refractivity contribution in [2.75, 3.05) is 6.54 Å². The minimum atomic E-state index is -0.692. The SMILES string of the molecule is C[C@H]1OC(C)(C)N(C(=O)OC(C)(C)C)[C@@H]1CNCc1cnn(C)c1. The molecule has 1 aromatic heterocycles. The molecule has 1 fully saturated rings. The Morgan fingerprint density at radius 3 is 2.67 bits per heavy atom. The maximum absolute atomic E-state index is 12.7.